The monoisotopic (exact) mass is 496 g/mol. The van der Waals surface area contributed by atoms with Crippen molar-refractivity contribution >= 4 is 11.9 Å². The topological polar surface area (TPSA) is 52.6 Å². The summed E-state index contributed by atoms with van der Waals surface area (Å²) in [6.07, 6.45) is 26.7. The van der Waals surface area contributed by atoms with Crippen molar-refractivity contribution in [3.8, 4) is 0 Å². The van der Waals surface area contributed by atoms with Crippen molar-refractivity contribution in [3.05, 3.63) is 0 Å². The molecule has 0 unspecified atom stereocenters. The van der Waals surface area contributed by atoms with E-state index in [2.05, 4.69) is 20.8 Å². The molecule has 0 aromatic rings. The number of hydrogen-bond acceptors (Lipinski definition) is 4. The van der Waals surface area contributed by atoms with Crippen LogP contribution in [0, 0.1) is 5.92 Å². The first-order valence-corrected chi connectivity index (χ1v) is 15.5. The van der Waals surface area contributed by atoms with Crippen LogP contribution in [0.4, 0.5) is 0 Å². The average molecular weight is 497 g/mol. The molecule has 0 N–H and O–H groups in total. The molecule has 0 amide bonds. The molecule has 0 saturated heterocycles. The summed E-state index contributed by atoms with van der Waals surface area (Å²) in [7, 11) is 0. The van der Waals surface area contributed by atoms with Gasteiger partial charge in [-0.05, 0) is 19.3 Å². The fourth-order valence-corrected chi connectivity index (χ4v) is 4.48. The first-order chi connectivity index (χ1) is 17.2. The van der Waals surface area contributed by atoms with E-state index < -0.39 is 5.92 Å². The Hall–Kier alpha value is -1.06. The Morgan fingerprint density at radius 2 is 0.714 bits per heavy atom. The van der Waals surface area contributed by atoms with Gasteiger partial charge in [0, 0.05) is 0 Å². The van der Waals surface area contributed by atoms with Crippen LogP contribution in [0.3, 0.4) is 0 Å². The Balaban J connectivity index is 4.24. The summed E-state index contributed by atoms with van der Waals surface area (Å²) in [4.78, 5) is 25.4. The minimum absolute atomic E-state index is 0.373. The fourth-order valence-electron chi connectivity index (χ4n) is 4.48. The summed E-state index contributed by atoms with van der Waals surface area (Å²) in [5, 5.41) is 0. The van der Waals surface area contributed by atoms with Crippen molar-refractivity contribution in [1.29, 1.82) is 0 Å². The number of esters is 2. The van der Waals surface area contributed by atoms with Crippen molar-refractivity contribution in [1.82, 2.24) is 0 Å². The first-order valence-electron chi connectivity index (χ1n) is 15.5. The van der Waals surface area contributed by atoms with E-state index in [1.165, 1.54) is 103 Å². The lowest BCUT2D eigenvalue weighted by atomic mass is 9.99. The average Bonchev–Trinajstić information content (AvgIpc) is 2.86. The SMILES string of the molecule is CCCCCCCCCCCCC(C(=O)OCCCCCCCC)C(=O)OCCCCCCCC. The smallest absolute Gasteiger partial charge is 0.320 e. The zero-order valence-electron chi connectivity index (χ0n) is 23.9. The maximum Gasteiger partial charge on any atom is 0.320 e. The van der Waals surface area contributed by atoms with E-state index in [4.69, 9.17) is 9.47 Å². The van der Waals surface area contributed by atoms with E-state index in [-0.39, 0.29) is 11.9 Å². The highest BCUT2D eigenvalue weighted by atomic mass is 16.6. The van der Waals surface area contributed by atoms with Crippen molar-refractivity contribution < 1.29 is 19.1 Å². The van der Waals surface area contributed by atoms with Gasteiger partial charge in [0.2, 0.25) is 0 Å². The van der Waals surface area contributed by atoms with Crippen LogP contribution in [0.15, 0.2) is 0 Å². The summed E-state index contributed by atoms with van der Waals surface area (Å²) in [5.41, 5.74) is 0. The normalized spacial score (nSPS) is 11.2. The Bertz CT molecular complexity index is 433. The highest BCUT2D eigenvalue weighted by molar-refractivity contribution is 5.94. The Morgan fingerprint density at radius 3 is 1.06 bits per heavy atom. The molecular formula is C31H60O4. The van der Waals surface area contributed by atoms with Gasteiger partial charge in [-0.2, -0.15) is 0 Å². The third kappa shape index (κ3) is 23.1. The zero-order valence-corrected chi connectivity index (χ0v) is 23.9. The van der Waals surface area contributed by atoms with Crippen LogP contribution in [0.25, 0.3) is 0 Å². The molecule has 0 radical (unpaired) electrons. The molecule has 0 fully saturated rings. The van der Waals surface area contributed by atoms with Crippen LogP contribution in [-0.4, -0.2) is 25.2 Å². The maximum atomic E-state index is 12.7. The predicted molar refractivity (Wildman–Crippen MR) is 149 cm³/mol. The molecule has 35 heavy (non-hydrogen) atoms. The highest BCUT2D eigenvalue weighted by Crippen LogP contribution is 2.17. The number of hydrogen-bond donors (Lipinski definition) is 0. The van der Waals surface area contributed by atoms with Gasteiger partial charge in [0.25, 0.3) is 0 Å². The quantitative estimate of drug-likeness (QED) is 0.0645. The van der Waals surface area contributed by atoms with E-state index >= 15 is 0 Å². The Morgan fingerprint density at radius 1 is 0.429 bits per heavy atom. The summed E-state index contributed by atoms with van der Waals surface area (Å²) in [5.74, 6) is -1.49. The molecule has 4 heteroatoms. The van der Waals surface area contributed by atoms with Crippen molar-refractivity contribution in [2.24, 2.45) is 5.92 Å². The molecule has 0 aliphatic rings. The van der Waals surface area contributed by atoms with Gasteiger partial charge >= 0.3 is 11.9 Å². The predicted octanol–water partition coefficient (Wildman–Crippen LogP) is 9.72. The Labute approximate surface area is 218 Å². The first kappa shape index (κ1) is 33.9. The molecule has 0 heterocycles. The van der Waals surface area contributed by atoms with Crippen molar-refractivity contribution in [2.45, 2.75) is 168 Å². The van der Waals surface area contributed by atoms with Gasteiger partial charge in [-0.1, -0.05) is 149 Å². The molecule has 0 aliphatic heterocycles. The zero-order chi connectivity index (χ0) is 25.8. The lowest BCUT2D eigenvalue weighted by molar-refractivity contribution is -0.162. The Kier molecular flexibility index (Phi) is 26.7. The number of carbonyl (C=O) groups excluding carboxylic acids is 2. The summed E-state index contributed by atoms with van der Waals surface area (Å²) in [6.45, 7) is 7.51. The van der Waals surface area contributed by atoms with E-state index in [9.17, 15) is 9.59 Å². The minimum atomic E-state index is -0.746. The molecule has 0 bridgehead atoms. The minimum Gasteiger partial charge on any atom is -0.465 e. The van der Waals surface area contributed by atoms with E-state index in [0.29, 0.717) is 19.6 Å². The summed E-state index contributed by atoms with van der Waals surface area (Å²) in [6, 6.07) is 0. The number of unbranched alkanes of at least 4 members (excludes halogenated alkanes) is 19. The molecule has 4 nitrogen and oxygen atoms in total. The van der Waals surface area contributed by atoms with Gasteiger partial charge in [0.1, 0.15) is 0 Å². The standard InChI is InChI=1S/C31H60O4/c1-4-7-10-13-16-17-18-19-20-23-26-29(30(32)34-27-24-21-14-11-8-5-2)31(33)35-28-25-22-15-12-9-6-3/h29H,4-28H2,1-3H3. The van der Waals surface area contributed by atoms with Gasteiger partial charge < -0.3 is 9.47 Å². The highest BCUT2D eigenvalue weighted by Gasteiger charge is 2.29. The fraction of sp³-hybridized carbons (Fsp3) is 0.935. The maximum absolute atomic E-state index is 12.7. The molecule has 0 spiro atoms. The van der Waals surface area contributed by atoms with Gasteiger partial charge in [-0.15, -0.1) is 0 Å². The molecule has 0 atom stereocenters. The molecule has 0 aromatic heterocycles. The summed E-state index contributed by atoms with van der Waals surface area (Å²) >= 11 is 0. The molecule has 0 rings (SSSR count). The molecule has 208 valence electrons. The second-order valence-corrected chi connectivity index (χ2v) is 10.4. The number of rotatable bonds is 27. The number of ether oxygens (including phenoxy) is 2. The van der Waals surface area contributed by atoms with E-state index in [0.717, 1.165) is 38.5 Å². The van der Waals surface area contributed by atoms with Crippen molar-refractivity contribution in [2.75, 3.05) is 13.2 Å². The number of carbonyl (C=O) groups is 2. The van der Waals surface area contributed by atoms with Crippen LogP contribution in [0.2, 0.25) is 0 Å². The van der Waals surface area contributed by atoms with Gasteiger partial charge in [0.15, 0.2) is 5.92 Å². The van der Waals surface area contributed by atoms with Crippen LogP contribution in [-0.2, 0) is 19.1 Å². The molecule has 0 aliphatic carbocycles. The summed E-state index contributed by atoms with van der Waals surface area (Å²) < 4.78 is 11.0. The lowest BCUT2D eigenvalue weighted by Crippen LogP contribution is -2.28. The van der Waals surface area contributed by atoms with Crippen LogP contribution < -0.4 is 0 Å². The molecule has 0 aromatic carbocycles. The van der Waals surface area contributed by atoms with E-state index in [1.807, 2.05) is 0 Å². The second kappa shape index (κ2) is 27.5. The third-order valence-electron chi connectivity index (χ3n) is 6.90. The van der Waals surface area contributed by atoms with Gasteiger partial charge in [0.05, 0.1) is 13.2 Å². The largest absolute Gasteiger partial charge is 0.465 e. The van der Waals surface area contributed by atoms with Gasteiger partial charge in [-0.25, -0.2) is 0 Å². The van der Waals surface area contributed by atoms with E-state index in [1.54, 1.807) is 0 Å². The second-order valence-electron chi connectivity index (χ2n) is 10.4. The van der Waals surface area contributed by atoms with Gasteiger partial charge in [-0.3, -0.25) is 9.59 Å². The lowest BCUT2D eigenvalue weighted by Gasteiger charge is -2.15. The van der Waals surface area contributed by atoms with Crippen LogP contribution >= 0.6 is 0 Å². The van der Waals surface area contributed by atoms with Crippen LogP contribution in [0.1, 0.15) is 168 Å². The third-order valence-corrected chi connectivity index (χ3v) is 6.90. The molecule has 0 saturated carbocycles. The van der Waals surface area contributed by atoms with Crippen molar-refractivity contribution in [3.63, 3.8) is 0 Å². The van der Waals surface area contributed by atoms with Crippen LogP contribution in [0.5, 0.6) is 0 Å². The molecular weight excluding hydrogens is 436 g/mol.